The minimum absolute atomic E-state index is 0.204. The van der Waals surface area contributed by atoms with E-state index in [2.05, 4.69) is 55.3 Å². The first-order chi connectivity index (χ1) is 10.5. The molecule has 0 bridgehead atoms. The SMILES string of the molecule is CC(C)(C)N1CCC(C(=O)NCCCc2ccccc2)CC1. The number of carbonyl (C=O) groups is 1. The molecule has 0 unspecified atom stereocenters. The van der Waals surface area contributed by atoms with Crippen LogP contribution in [0.25, 0.3) is 0 Å². The number of nitrogens with zero attached hydrogens (tertiary/aromatic N) is 1. The molecule has 3 nitrogen and oxygen atoms in total. The number of benzene rings is 1. The fourth-order valence-corrected chi connectivity index (χ4v) is 3.11. The average Bonchev–Trinajstić information content (AvgIpc) is 2.52. The van der Waals surface area contributed by atoms with Gasteiger partial charge in [0.2, 0.25) is 5.91 Å². The minimum atomic E-state index is 0.204. The molecule has 1 N–H and O–H groups in total. The van der Waals surface area contributed by atoms with Gasteiger partial charge in [0, 0.05) is 18.0 Å². The summed E-state index contributed by atoms with van der Waals surface area (Å²) < 4.78 is 0. The maximum atomic E-state index is 12.2. The van der Waals surface area contributed by atoms with Crippen LogP contribution in [0.3, 0.4) is 0 Å². The van der Waals surface area contributed by atoms with E-state index >= 15 is 0 Å². The van der Waals surface area contributed by atoms with Crippen molar-refractivity contribution in [2.24, 2.45) is 5.92 Å². The highest BCUT2D eigenvalue weighted by Crippen LogP contribution is 2.23. The Labute approximate surface area is 135 Å². The molecule has 1 heterocycles. The predicted molar refractivity (Wildman–Crippen MR) is 91.8 cm³/mol. The molecule has 0 spiro atoms. The summed E-state index contributed by atoms with van der Waals surface area (Å²) in [5.74, 6) is 0.456. The van der Waals surface area contributed by atoms with E-state index in [9.17, 15) is 4.79 Å². The zero-order chi connectivity index (χ0) is 16.0. The van der Waals surface area contributed by atoms with Gasteiger partial charge in [0.15, 0.2) is 0 Å². The van der Waals surface area contributed by atoms with Gasteiger partial charge in [0.25, 0.3) is 0 Å². The van der Waals surface area contributed by atoms with Crippen molar-refractivity contribution in [1.29, 1.82) is 0 Å². The molecule has 0 aromatic heterocycles. The second-order valence-electron chi connectivity index (χ2n) is 7.31. The molecule has 1 aliphatic rings. The molecule has 0 saturated carbocycles. The van der Waals surface area contributed by atoms with Crippen molar-refractivity contribution in [2.45, 2.75) is 52.0 Å². The molecule has 0 aliphatic carbocycles. The lowest BCUT2D eigenvalue weighted by Gasteiger charge is -2.40. The zero-order valence-corrected chi connectivity index (χ0v) is 14.3. The van der Waals surface area contributed by atoms with Crippen LogP contribution < -0.4 is 5.32 Å². The number of rotatable bonds is 5. The lowest BCUT2D eigenvalue weighted by Crippen LogP contribution is -2.48. The molecule has 1 saturated heterocycles. The van der Waals surface area contributed by atoms with Crippen LogP contribution in [0.4, 0.5) is 0 Å². The second kappa shape index (κ2) is 7.77. The smallest absolute Gasteiger partial charge is 0.223 e. The first kappa shape index (κ1) is 17.0. The number of piperidine rings is 1. The van der Waals surface area contributed by atoms with Gasteiger partial charge in [-0.3, -0.25) is 9.69 Å². The third-order valence-electron chi connectivity index (χ3n) is 4.60. The quantitative estimate of drug-likeness (QED) is 0.847. The number of hydrogen-bond acceptors (Lipinski definition) is 2. The molecule has 1 fully saturated rings. The molecule has 0 radical (unpaired) electrons. The van der Waals surface area contributed by atoms with Crippen molar-refractivity contribution in [3.63, 3.8) is 0 Å². The Morgan fingerprint density at radius 1 is 1.18 bits per heavy atom. The predicted octanol–water partition coefficient (Wildman–Crippen LogP) is 3.25. The van der Waals surface area contributed by atoms with Crippen LogP contribution in [0.5, 0.6) is 0 Å². The minimum Gasteiger partial charge on any atom is -0.356 e. The summed E-state index contributed by atoms with van der Waals surface area (Å²) in [6, 6.07) is 10.5. The molecule has 1 aliphatic heterocycles. The average molecular weight is 302 g/mol. The Hall–Kier alpha value is -1.35. The third-order valence-corrected chi connectivity index (χ3v) is 4.60. The number of nitrogens with one attached hydrogen (secondary N) is 1. The van der Waals surface area contributed by atoms with Crippen molar-refractivity contribution >= 4 is 5.91 Å². The van der Waals surface area contributed by atoms with Crippen LogP contribution >= 0.6 is 0 Å². The monoisotopic (exact) mass is 302 g/mol. The van der Waals surface area contributed by atoms with Crippen LogP contribution in [0.2, 0.25) is 0 Å². The topological polar surface area (TPSA) is 32.3 Å². The van der Waals surface area contributed by atoms with Gasteiger partial charge in [-0.1, -0.05) is 30.3 Å². The molecule has 22 heavy (non-hydrogen) atoms. The standard InChI is InChI=1S/C19H30N2O/c1-19(2,3)21-14-11-17(12-15-21)18(22)20-13-7-10-16-8-5-4-6-9-16/h4-6,8-9,17H,7,10-15H2,1-3H3,(H,20,22). The Kier molecular flexibility index (Phi) is 6.01. The number of hydrogen-bond donors (Lipinski definition) is 1. The zero-order valence-electron chi connectivity index (χ0n) is 14.3. The second-order valence-corrected chi connectivity index (χ2v) is 7.31. The lowest BCUT2D eigenvalue weighted by atomic mass is 9.92. The fraction of sp³-hybridized carbons (Fsp3) is 0.632. The summed E-state index contributed by atoms with van der Waals surface area (Å²) in [6.07, 6.45) is 4.02. The summed E-state index contributed by atoms with van der Waals surface area (Å²) in [6.45, 7) is 9.59. The molecule has 122 valence electrons. The molecule has 1 aromatic carbocycles. The van der Waals surface area contributed by atoms with E-state index in [4.69, 9.17) is 0 Å². The summed E-state index contributed by atoms with van der Waals surface area (Å²) >= 11 is 0. The maximum Gasteiger partial charge on any atom is 0.223 e. The van der Waals surface area contributed by atoms with E-state index in [-0.39, 0.29) is 17.4 Å². The Bertz CT molecular complexity index is 456. The van der Waals surface area contributed by atoms with Gasteiger partial charge < -0.3 is 5.32 Å². The fourth-order valence-electron chi connectivity index (χ4n) is 3.11. The van der Waals surface area contributed by atoms with Crippen LogP contribution in [-0.4, -0.2) is 36.0 Å². The van der Waals surface area contributed by atoms with E-state index in [0.717, 1.165) is 45.3 Å². The van der Waals surface area contributed by atoms with E-state index in [1.165, 1.54) is 5.56 Å². The van der Waals surface area contributed by atoms with Crippen molar-refractivity contribution in [3.8, 4) is 0 Å². The summed E-state index contributed by atoms with van der Waals surface area (Å²) in [5, 5.41) is 3.12. The Morgan fingerprint density at radius 3 is 2.41 bits per heavy atom. The Morgan fingerprint density at radius 2 is 1.82 bits per heavy atom. The van der Waals surface area contributed by atoms with Gasteiger partial charge in [0.1, 0.15) is 0 Å². The molecular weight excluding hydrogens is 272 g/mol. The van der Waals surface area contributed by atoms with E-state index < -0.39 is 0 Å². The van der Waals surface area contributed by atoms with Crippen LogP contribution in [0.1, 0.15) is 45.6 Å². The van der Waals surface area contributed by atoms with Crippen LogP contribution in [0, 0.1) is 5.92 Å². The first-order valence-electron chi connectivity index (χ1n) is 8.53. The van der Waals surface area contributed by atoms with Crippen LogP contribution in [0.15, 0.2) is 30.3 Å². The molecular formula is C19H30N2O. The van der Waals surface area contributed by atoms with E-state index in [1.807, 2.05) is 6.07 Å². The number of likely N-dealkylation sites (tertiary alicyclic amines) is 1. The van der Waals surface area contributed by atoms with Crippen molar-refractivity contribution in [1.82, 2.24) is 10.2 Å². The Balaban J connectivity index is 1.64. The normalized spacial score (nSPS) is 17.4. The van der Waals surface area contributed by atoms with E-state index in [0.29, 0.717) is 0 Å². The highest BCUT2D eigenvalue weighted by atomic mass is 16.1. The van der Waals surface area contributed by atoms with Gasteiger partial charge in [-0.15, -0.1) is 0 Å². The lowest BCUT2D eigenvalue weighted by molar-refractivity contribution is -0.126. The molecule has 1 amide bonds. The van der Waals surface area contributed by atoms with Gasteiger partial charge >= 0.3 is 0 Å². The van der Waals surface area contributed by atoms with Gasteiger partial charge in [-0.05, 0) is 65.1 Å². The van der Waals surface area contributed by atoms with Gasteiger partial charge in [-0.25, -0.2) is 0 Å². The third kappa shape index (κ3) is 5.13. The summed E-state index contributed by atoms with van der Waals surface area (Å²) in [7, 11) is 0. The van der Waals surface area contributed by atoms with Crippen LogP contribution in [-0.2, 0) is 11.2 Å². The molecule has 2 rings (SSSR count). The number of aryl methyl sites for hydroxylation is 1. The number of amides is 1. The largest absolute Gasteiger partial charge is 0.356 e. The number of carbonyl (C=O) groups excluding carboxylic acids is 1. The van der Waals surface area contributed by atoms with Gasteiger partial charge in [0.05, 0.1) is 0 Å². The van der Waals surface area contributed by atoms with Crippen molar-refractivity contribution < 1.29 is 4.79 Å². The highest BCUT2D eigenvalue weighted by Gasteiger charge is 2.29. The summed E-state index contributed by atoms with van der Waals surface area (Å²) in [5.41, 5.74) is 1.56. The molecule has 1 aromatic rings. The molecule has 0 atom stereocenters. The molecule has 3 heteroatoms. The van der Waals surface area contributed by atoms with Crippen molar-refractivity contribution in [2.75, 3.05) is 19.6 Å². The summed E-state index contributed by atoms with van der Waals surface area (Å²) in [4.78, 5) is 14.7. The van der Waals surface area contributed by atoms with E-state index in [1.54, 1.807) is 0 Å². The first-order valence-corrected chi connectivity index (χ1v) is 8.53. The maximum absolute atomic E-state index is 12.2. The van der Waals surface area contributed by atoms with Crippen molar-refractivity contribution in [3.05, 3.63) is 35.9 Å². The van der Waals surface area contributed by atoms with Gasteiger partial charge in [-0.2, -0.15) is 0 Å². The highest BCUT2D eigenvalue weighted by molar-refractivity contribution is 5.78.